The zero-order valence-corrected chi connectivity index (χ0v) is 11.6. The highest BCUT2D eigenvalue weighted by atomic mass is 35.5. The maximum absolute atomic E-state index is 11.0. The predicted molar refractivity (Wildman–Crippen MR) is 73.1 cm³/mol. The second-order valence-electron chi connectivity index (χ2n) is 4.28. The van der Waals surface area contributed by atoms with Crippen LogP contribution < -0.4 is 0 Å². The first-order valence-corrected chi connectivity index (χ1v) is 6.28. The number of non-ortho nitro benzene ring substituents is 1. The van der Waals surface area contributed by atoms with Crippen molar-refractivity contribution in [1.29, 1.82) is 0 Å². The van der Waals surface area contributed by atoms with Gasteiger partial charge in [0.15, 0.2) is 0 Å². The SMILES string of the molecule is CC(Cl)c1cn(Cc2ccc([N+](=O)[O-])cc2[N+](=O)[O-])nn1. The smallest absolute Gasteiger partial charge is 0.258 e. The van der Waals surface area contributed by atoms with E-state index in [1.54, 1.807) is 13.1 Å². The highest BCUT2D eigenvalue weighted by Crippen LogP contribution is 2.25. The molecule has 110 valence electrons. The third-order valence-electron chi connectivity index (χ3n) is 2.77. The Kier molecular flexibility index (Phi) is 4.13. The van der Waals surface area contributed by atoms with Crippen LogP contribution in [0.5, 0.6) is 0 Å². The quantitative estimate of drug-likeness (QED) is 0.475. The largest absolute Gasteiger partial charge is 0.281 e. The molecule has 0 saturated carbocycles. The Hall–Kier alpha value is -2.55. The van der Waals surface area contributed by atoms with Gasteiger partial charge in [-0.05, 0) is 13.0 Å². The summed E-state index contributed by atoms with van der Waals surface area (Å²) in [6.45, 7) is 1.80. The topological polar surface area (TPSA) is 117 Å². The number of halogens is 1. The minimum absolute atomic E-state index is 0.0743. The number of nitrogens with zero attached hydrogens (tertiary/aromatic N) is 5. The Morgan fingerprint density at radius 2 is 2.05 bits per heavy atom. The molecule has 0 radical (unpaired) electrons. The van der Waals surface area contributed by atoms with E-state index in [4.69, 9.17) is 11.6 Å². The third kappa shape index (κ3) is 3.31. The van der Waals surface area contributed by atoms with Crippen LogP contribution in [0.1, 0.15) is 23.6 Å². The van der Waals surface area contributed by atoms with Gasteiger partial charge in [0.1, 0.15) is 5.69 Å². The minimum Gasteiger partial charge on any atom is -0.258 e. The molecule has 0 N–H and O–H groups in total. The van der Waals surface area contributed by atoms with Gasteiger partial charge in [-0.1, -0.05) is 5.21 Å². The van der Waals surface area contributed by atoms with Gasteiger partial charge in [-0.2, -0.15) is 0 Å². The molecule has 0 aliphatic heterocycles. The van der Waals surface area contributed by atoms with Gasteiger partial charge in [0.05, 0.1) is 39.6 Å². The van der Waals surface area contributed by atoms with Gasteiger partial charge < -0.3 is 0 Å². The highest BCUT2D eigenvalue weighted by molar-refractivity contribution is 6.20. The lowest BCUT2D eigenvalue weighted by Crippen LogP contribution is -2.04. The number of nitro groups is 2. The van der Waals surface area contributed by atoms with Crippen LogP contribution in [0.15, 0.2) is 24.4 Å². The summed E-state index contributed by atoms with van der Waals surface area (Å²) in [6.07, 6.45) is 1.57. The molecule has 0 saturated heterocycles. The van der Waals surface area contributed by atoms with Crippen molar-refractivity contribution in [3.05, 3.63) is 55.9 Å². The number of alkyl halides is 1. The number of hydrogen-bond acceptors (Lipinski definition) is 6. The average Bonchev–Trinajstić information content (AvgIpc) is 2.87. The van der Waals surface area contributed by atoms with E-state index in [0.717, 1.165) is 6.07 Å². The molecule has 0 aliphatic carbocycles. The van der Waals surface area contributed by atoms with E-state index in [1.807, 2.05) is 0 Å². The van der Waals surface area contributed by atoms with Gasteiger partial charge in [-0.15, -0.1) is 16.7 Å². The predicted octanol–water partition coefficient (Wildman–Crippen LogP) is 2.44. The van der Waals surface area contributed by atoms with Crippen molar-refractivity contribution in [2.75, 3.05) is 0 Å². The fourth-order valence-electron chi connectivity index (χ4n) is 1.72. The maximum Gasteiger partial charge on any atom is 0.281 e. The van der Waals surface area contributed by atoms with Gasteiger partial charge in [-0.25, -0.2) is 4.68 Å². The van der Waals surface area contributed by atoms with Gasteiger partial charge in [-0.3, -0.25) is 20.2 Å². The molecule has 1 aromatic heterocycles. The van der Waals surface area contributed by atoms with Gasteiger partial charge in [0, 0.05) is 6.07 Å². The molecule has 9 nitrogen and oxygen atoms in total. The number of aromatic nitrogens is 3. The fourth-order valence-corrected chi connectivity index (χ4v) is 1.82. The van der Waals surface area contributed by atoms with Crippen molar-refractivity contribution in [3.8, 4) is 0 Å². The number of nitro benzene ring substituents is 2. The molecule has 1 aromatic carbocycles. The summed E-state index contributed by atoms with van der Waals surface area (Å²) in [5.74, 6) is 0. The summed E-state index contributed by atoms with van der Waals surface area (Å²) in [7, 11) is 0. The molecule has 0 aliphatic rings. The van der Waals surface area contributed by atoms with Crippen molar-refractivity contribution in [3.63, 3.8) is 0 Å². The van der Waals surface area contributed by atoms with Gasteiger partial charge in [0.2, 0.25) is 0 Å². The van der Waals surface area contributed by atoms with Crippen LogP contribution in [-0.4, -0.2) is 24.8 Å². The summed E-state index contributed by atoms with van der Waals surface area (Å²) in [4.78, 5) is 20.3. The first-order valence-electron chi connectivity index (χ1n) is 5.84. The van der Waals surface area contributed by atoms with Crippen LogP contribution in [0.25, 0.3) is 0 Å². The maximum atomic E-state index is 11.0. The average molecular weight is 312 g/mol. The zero-order chi connectivity index (χ0) is 15.6. The molecule has 10 heteroatoms. The van der Waals surface area contributed by atoms with E-state index >= 15 is 0 Å². The van der Waals surface area contributed by atoms with E-state index in [0.29, 0.717) is 11.3 Å². The van der Waals surface area contributed by atoms with E-state index in [1.165, 1.54) is 16.8 Å². The van der Waals surface area contributed by atoms with E-state index < -0.39 is 9.85 Å². The van der Waals surface area contributed by atoms with Crippen molar-refractivity contribution in [2.24, 2.45) is 0 Å². The zero-order valence-electron chi connectivity index (χ0n) is 10.8. The Balaban J connectivity index is 2.34. The summed E-state index contributed by atoms with van der Waals surface area (Å²) < 4.78 is 1.39. The molecule has 1 atom stereocenters. The van der Waals surface area contributed by atoms with Gasteiger partial charge in [0.25, 0.3) is 11.4 Å². The Bertz CT molecular complexity index is 700. The lowest BCUT2D eigenvalue weighted by atomic mass is 10.1. The first kappa shape index (κ1) is 14.9. The lowest BCUT2D eigenvalue weighted by molar-refractivity contribution is -0.394. The molecule has 2 aromatic rings. The van der Waals surface area contributed by atoms with Crippen molar-refractivity contribution < 1.29 is 9.85 Å². The number of hydrogen-bond donors (Lipinski definition) is 0. The molecule has 0 bridgehead atoms. The molecule has 0 spiro atoms. The van der Waals surface area contributed by atoms with Crippen LogP contribution >= 0.6 is 11.6 Å². The molecule has 0 fully saturated rings. The summed E-state index contributed by atoms with van der Waals surface area (Å²) in [5.41, 5.74) is 0.171. The standard InChI is InChI=1S/C11H10ClN5O4/c1-7(12)10-6-15(14-13-10)5-8-2-3-9(16(18)19)4-11(8)17(20)21/h2-4,6-7H,5H2,1H3. The van der Waals surface area contributed by atoms with Crippen LogP contribution in [0, 0.1) is 20.2 Å². The van der Waals surface area contributed by atoms with Crippen LogP contribution in [0.4, 0.5) is 11.4 Å². The minimum atomic E-state index is -0.681. The van der Waals surface area contributed by atoms with E-state index in [-0.39, 0.29) is 23.3 Å². The lowest BCUT2D eigenvalue weighted by Gasteiger charge is -2.02. The molecule has 2 rings (SSSR count). The number of rotatable bonds is 5. The summed E-state index contributed by atoms with van der Waals surface area (Å²) in [6, 6.07) is 3.48. The summed E-state index contributed by atoms with van der Waals surface area (Å²) in [5, 5.41) is 29.0. The first-order chi connectivity index (χ1) is 9.88. The molecular formula is C11H10ClN5O4. The van der Waals surface area contributed by atoms with E-state index in [9.17, 15) is 20.2 Å². The van der Waals surface area contributed by atoms with E-state index in [2.05, 4.69) is 10.3 Å². The second-order valence-corrected chi connectivity index (χ2v) is 4.94. The van der Waals surface area contributed by atoms with Crippen LogP contribution in [0.3, 0.4) is 0 Å². The van der Waals surface area contributed by atoms with Crippen LogP contribution in [0.2, 0.25) is 0 Å². The Morgan fingerprint density at radius 1 is 1.33 bits per heavy atom. The Morgan fingerprint density at radius 3 is 2.57 bits per heavy atom. The fraction of sp³-hybridized carbons (Fsp3) is 0.273. The molecular weight excluding hydrogens is 302 g/mol. The van der Waals surface area contributed by atoms with Crippen molar-refractivity contribution in [2.45, 2.75) is 18.8 Å². The monoisotopic (exact) mass is 311 g/mol. The molecule has 0 amide bonds. The summed E-state index contributed by atoms with van der Waals surface area (Å²) >= 11 is 5.86. The molecule has 21 heavy (non-hydrogen) atoms. The van der Waals surface area contributed by atoms with Crippen LogP contribution in [-0.2, 0) is 6.54 Å². The Labute approximate surface area is 123 Å². The van der Waals surface area contributed by atoms with Crippen molar-refractivity contribution >= 4 is 23.0 Å². The third-order valence-corrected chi connectivity index (χ3v) is 3.00. The molecule has 1 heterocycles. The molecule has 1 unspecified atom stereocenters. The van der Waals surface area contributed by atoms with Gasteiger partial charge >= 0.3 is 0 Å². The normalized spacial score (nSPS) is 12.1. The highest BCUT2D eigenvalue weighted by Gasteiger charge is 2.20. The second kappa shape index (κ2) is 5.83. The number of benzene rings is 1. The van der Waals surface area contributed by atoms with Crippen molar-refractivity contribution in [1.82, 2.24) is 15.0 Å².